The Kier molecular flexibility index (Phi) is 4.65. The molecule has 0 aromatic carbocycles. The van der Waals surface area contributed by atoms with Crippen molar-refractivity contribution >= 4 is 23.2 Å². The lowest BCUT2D eigenvalue weighted by molar-refractivity contribution is 0.579. The Hall–Kier alpha value is -1.27. The number of unbranched alkanes of at least 4 members (excludes halogenated alkanes) is 1. The number of piperazine rings is 1. The lowest BCUT2D eigenvalue weighted by atomic mass is 10.1. The molecule has 0 aliphatic carbocycles. The summed E-state index contributed by atoms with van der Waals surface area (Å²) in [6.07, 6.45) is 7.47. The number of aromatic nitrogens is 3. The summed E-state index contributed by atoms with van der Waals surface area (Å²) in [6, 6.07) is 2.08. The summed E-state index contributed by atoms with van der Waals surface area (Å²) in [5.41, 5.74) is 2.34. The number of nitrogens with one attached hydrogen (secondary N) is 1. The predicted molar refractivity (Wildman–Crippen MR) is 88.5 cm³/mol. The first-order valence-corrected chi connectivity index (χ1v) is 8.94. The molecule has 0 amide bonds. The number of fused-ring (bicyclic) bond motifs is 1. The van der Waals surface area contributed by atoms with Crippen molar-refractivity contribution in [3.63, 3.8) is 0 Å². The van der Waals surface area contributed by atoms with E-state index in [1.807, 2.05) is 10.7 Å². The molecule has 114 valence electrons. The van der Waals surface area contributed by atoms with Crippen LogP contribution in [0.25, 0.3) is 5.65 Å². The van der Waals surface area contributed by atoms with E-state index in [0.29, 0.717) is 0 Å². The molecule has 0 unspecified atom stereocenters. The summed E-state index contributed by atoms with van der Waals surface area (Å²) in [5, 5.41) is 9.34. The van der Waals surface area contributed by atoms with Gasteiger partial charge in [-0.3, -0.25) is 0 Å². The number of nitrogens with zero attached hydrogens (tertiary/aromatic N) is 4. The van der Waals surface area contributed by atoms with Gasteiger partial charge in [-0.1, -0.05) is 13.3 Å². The summed E-state index contributed by atoms with van der Waals surface area (Å²) >= 11 is 1.72. The van der Waals surface area contributed by atoms with E-state index in [-0.39, 0.29) is 0 Å². The lowest BCUT2D eigenvalue weighted by Crippen LogP contribution is -2.44. The largest absolute Gasteiger partial charge is 0.354 e. The van der Waals surface area contributed by atoms with Gasteiger partial charge in [0.15, 0.2) is 5.65 Å². The Bertz CT molecular complexity index is 603. The summed E-state index contributed by atoms with van der Waals surface area (Å²) in [6.45, 7) is 6.34. The topological polar surface area (TPSA) is 45.5 Å². The van der Waals surface area contributed by atoms with Gasteiger partial charge in [0.05, 0.1) is 0 Å². The van der Waals surface area contributed by atoms with Crippen LogP contribution in [0.2, 0.25) is 0 Å². The molecular weight excluding hydrogens is 282 g/mol. The Morgan fingerprint density at radius 2 is 2.14 bits per heavy atom. The van der Waals surface area contributed by atoms with E-state index in [4.69, 9.17) is 5.10 Å². The number of rotatable bonds is 5. The molecule has 1 N–H and O–H groups in total. The zero-order valence-electron chi connectivity index (χ0n) is 12.8. The van der Waals surface area contributed by atoms with Crippen molar-refractivity contribution in [2.24, 2.45) is 0 Å². The van der Waals surface area contributed by atoms with Crippen LogP contribution in [0.1, 0.15) is 25.3 Å². The van der Waals surface area contributed by atoms with Crippen molar-refractivity contribution in [3.05, 3.63) is 17.8 Å². The van der Waals surface area contributed by atoms with Crippen LogP contribution in [0.4, 0.5) is 5.82 Å². The molecule has 0 bridgehead atoms. The van der Waals surface area contributed by atoms with Crippen LogP contribution in [0.5, 0.6) is 0 Å². The third-order valence-electron chi connectivity index (χ3n) is 3.97. The molecule has 2 aromatic heterocycles. The maximum absolute atomic E-state index is 4.81. The zero-order valence-corrected chi connectivity index (χ0v) is 13.6. The minimum atomic E-state index is 1.03. The molecule has 1 saturated heterocycles. The minimum Gasteiger partial charge on any atom is -0.354 e. The molecule has 21 heavy (non-hydrogen) atoms. The normalized spacial score (nSPS) is 15.8. The molecule has 3 heterocycles. The van der Waals surface area contributed by atoms with Gasteiger partial charge in [0.25, 0.3) is 0 Å². The number of anilines is 1. The third kappa shape index (κ3) is 2.87. The van der Waals surface area contributed by atoms with Crippen molar-refractivity contribution < 1.29 is 0 Å². The van der Waals surface area contributed by atoms with Gasteiger partial charge in [0.2, 0.25) is 0 Å². The van der Waals surface area contributed by atoms with E-state index in [1.165, 1.54) is 24.2 Å². The summed E-state index contributed by atoms with van der Waals surface area (Å²) in [7, 11) is 0. The monoisotopic (exact) mass is 305 g/mol. The van der Waals surface area contributed by atoms with Crippen molar-refractivity contribution in [1.29, 1.82) is 0 Å². The molecule has 0 radical (unpaired) electrons. The smallest absolute Gasteiger partial charge is 0.161 e. The molecule has 1 fully saturated rings. The predicted octanol–water partition coefficient (Wildman–Crippen LogP) is 2.20. The van der Waals surface area contributed by atoms with E-state index >= 15 is 0 Å². The van der Waals surface area contributed by atoms with E-state index in [0.717, 1.165) is 43.3 Å². The second-order valence-corrected chi connectivity index (χ2v) is 6.16. The van der Waals surface area contributed by atoms with Gasteiger partial charge in [-0.15, -0.1) is 11.8 Å². The molecule has 1 aliphatic rings. The van der Waals surface area contributed by atoms with Gasteiger partial charge >= 0.3 is 0 Å². The van der Waals surface area contributed by atoms with Crippen molar-refractivity contribution in [2.45, 2.75) is 31.2 Å². The van der Waals surface area contributed by atoms with Crippen LogP contribution in [-0.4, -0.2) is 47.0 Å². The molecule has 5 nitrogen and oxygen atoms in total. The highest BCUT2D eigenvalue weighted by Crippen LogP contribution is 2.27. The van der Waals surface area contributed by atoms with Gasteiger partial charge in [-0.2, -0.15) is 9.61 Å². The van der Waals surface area contributed by atoms with E-state index < -0.39 is 0 Å². The summed E-state index contributed by atoms with van der Waals surface area (Å²) in [4.78, 5) is 7.00. The number of hydrogen-bond acceptors (Lipinski definition) is 5. The van der Waals surface area contributed by atoms with Crippen LogP contribution < -0.4 is 10.2 Å². The van der Waals surface area contributed by atoms with Gasteiger partial charge < -0.3 is 10.2 Å². The fourth-order valence-corrected chi connectivity index (χ4v) is 3.43. The first-order valence-electron chi connectivity index (χ1n) is 7.71. The first kappa shape index (κ1) is 14.7. The summed E-state index contributed by atoms with van der Waals surface area (Å²) < 4.78 is 2.04. The number of thioether (sulfide) groups is 1. The fraction of sp³-hybridized carbons (Fsp3) is 0.600. The van der Waals surface area contributed by atoms with Gasteiger partial charge in [-0.05, 0) is 25.2 Å². The highest BCUT2D eigenvalue weighted by atomic mass is 32.2. The van der Waals surface area contributed by atoms with Gasteiger partial charge in [0.1, 0.15) is 10.8 Å². The van der Waals surface area contributed by atoms with Crippen LogP contribution in [-0.2, 0) is 6.42 Å². The second-order valence-electron chi connectivity index (χ2n) is 5.37. The average molecular weight is 305 g/mol. The molecule has 6 heteroatoms. The molecule has 0 atom stereocenters. The Morgan fingerprint density at radius 1 is 1.33 bits per heavy atom. The number of aryl methyl sites for hydroxylation is 1. The number of hydrogen-bond donors (Lipinski definition) is 1. The van der Waals surface area contributed by atoms with Gasteiger partial charge in [0, 0.05) is 37.9 Å². The molecule has 0 saturated carbocycles. The zero-order chi connectivity index (χ0) is 14.7. The van der Waals surface area contributed by atoms with E-state index in [9.17, 15) is 0 Å². The van der Waals surface area contributed by atoms with E-state index in [1.54, 1.807) is 11.8 Å². The van der Waals surface area contributed by atoms with Gasteiger partial charge in [-0.25, -0.2) is 4.98 Å². The first-order chi connectivity index (χ1) is 10.3. The Morgan fingerprint density at radius 3 is 2.86 bits per heavy atom. The maximum atomic E-state index is 4.81. The third-order valence-corrected chi connectivity index (χ3v) is 4.69. The maximum Gasteiger partial charge on any atom is 0.161 e. The Labute approximate surface area is 130 Å². The van der Waals surface area contributed by atoms with Crippen LogP contribution in [0, 0.1) is 0 Å². The van der Waals surface area contributed by atoms with Crippen molar-refractivity contribution in [2.75, 3.05) is 37.3 Å². The Balaban J connectivity index is 2.04. The SMILES string of the molecule is CCCCc1c(SC)nn2c(N3CCNCC3)ccnc12. The van der Waals surface area contributed by atoms with Crippen LogP contribution >= 0.6 is 11.8 Å². The molecule has 1 aliphatic heterocycles. The summed E-state index contributed by atoms with van der Waals surface area (Å²) in [5.74, 6) is 1.17. The molecular formula is C15H23N5S. The minimum absolute atomic E-state index is 1.03. The molecule has 3 rings (SSSR count). The van der Waals surface area contributed by atoms with Crippen LogP contribution in [0.3, 0.4) is 0 Å². The van der Waals surface area contributed by atoms with Crippen molar-refractivity contribution in [3.8, 4) is 0 Å². The van der Waals surface area contributed by atoms with Crippen molar-refractivity contribution in [1.82, 2.24) is 19.9 Å². The van der Waals surface area contributed by atoms with E-state index in [2.05, 4.69) is 34.4 Å². The molecule has 2 aromatic rings. The highest BCUT2D eigenvalue weighted by Gasteiger charge is 2.19. The second kappa shape index (κ2) is 6.66. The van der Waals surface area contributed by atoms with Crippen LogP contribution in [0.15, 0.2) is 17.3 Å². The molecule has 0 spiro atoms. The fourth-order valence-electron chi connectivity index (χ4n) is 2.83. The quantitative estimate of drug-likeness (QED) is 0.858. The standard InChI is InChI=1S/C15H23N5S/c1-3-4-5-12-14-17-7-6-13(19-10-8-16-9-11-19)20(14)18-15(12)21-2/h6-7,16H,3-5,8-11H2,1-2H3. The average Bonchev–Trinajstić information content (AvgIpc) is 2.91. The lowest BCUT2D eigenvalue weighted by Gasteiger charge is -2.29. The highest BCUT2D eigenvalue weighted by molar-refractivity contribution is 7.98.